The number of nitrogens with zero attached hydrogens (tertiary/aromatic N) is 2. The van der Waals surface area contributed by atoms with E-state index in [9.17, 15) is 0 Å². The van der Waals surface area contributed by atoms with E-state index in [0.29, 0.717) is 5.92 Å². The van der Waals surface area contributed by atoms with Gasteiger partial charge in [-0.3, -0.25) is 4.68 Å². The van der Waals surface area contributed by atoms with Crippen molar-refractivity contribution in [2.75, 3.05) is 18.4 Å². The molecule has 0 aliphatic heterocycles. The van der Waals surface area contributed by atoms with E-state index >= 15 is 0 Å². The van der Waals surface area contributed by atoms with Gasteiger partial charge in [-0.2, -0.15) is 5.10 Å². The Bertz CT molecular complexity index is 358. The van der Waals surface area contributed by atoms with Crippen LogP contribution in [0.3, 0.4) is 0 Å². The highest BCUT2D eigenvalue weighted by atomic mass is 15.3. The summed E-state index contributed by atoms with van der Waals surface area (Å²) in [7, 11) is 1.98. The summed E-state index contributed by atoms with van der Waals surface area (Å²) in [5.41, 5.74) is 6.92. The second kappa shape index (κ2) is 5.54. The lowest BCUT2D eigenvalue weighted by molar-refractivity contribution is 0.255. The smallest absolute Gasteiger partial charge is 0.124 e. The van der Waals surface area contributed by atoms with E-state index in [1.807, 2.05) is 18.7 Å². The second-order valence-electron chi connectivity index (χ2n) is 5.22. The highest BCUT2D eigenvalue weighted by molar-refractivity contribution is 5.36. The van der Waals surface area contributed by atoms with Gasteiger partial charge in [0.15, 0.2) is 0 Å². The van der Waals surface area contributed by atoms with Crippen LogP contribution in [0.1, 0.15) is 31.4 Å². The summed E-state index contributed by atoms with van der Waals surface area (Å²) in [4.78, 5) is 0. The lowest BCUT2D eigenvalue weighted by Gasteiger charge is -2.30. The Hall–Kier alpha value is -1.03. The number of anilines is 1. The zero-order chi connectivity index (χ0) is 12.3. The molecule has 1 heterocycles. The Morgan fingerprint density at radius 3 is 2.71 bits per heavy atom. The van der Waals surface area contributed by atoms with Crippen LogP contribution in [0, 0.1) is 18.8 Å². The number of rotatable bonds is 4. The van der Waals surface area contributed by atoms with E-state index in [0.717, 1.165) is 30.5 Å². The molecule has 1 saturated carbocycles. The van der Waals surface area contributed by atoms with E-state index in [1.165, 1.54) is 25.7 Å². The number of hydrogen-bond donors (Lipinski definition) is 2. The number of nitrogens with two attached hydrogens (primary N) is 1. The second-order valence-corrected chi connectivity index (χ2v) is 5.22. The normalized spacial score (nSPS) is 24.9. The van der Waals surface area contributed by atoms with Gasteiger partial charge in [0, 0.05) is 19.7 Å². The van der Waals surface area contributed by atoms with Crippen molar-refractivity contribution < 1.29 is 0 Å². The Balaban J connectivity index is 1.90. The van der Waals surface area contributed by atoms with Crippen LogP contribution in [-0.2, 0) is 7.05 Å². The predicted octanol–water partition coefficient (Wildman–Crippen LogP) is 1.91. The van der Waals surface area contributed by atoms with Gasteiger partial charge in [0.05, 0.1) is 5.69 Å². The molecule has 4 heteroatoms. The van der Waals surface area contributed by atoms with Crippen LogP contribution in [0.4, 0.5) is 5.82 Å². The van der Waals surface area contributed by atoms with Crippen molar-refractivity contribution in [3.05, 3.63) is 11.8 Å². The maximum absolute atomic E-state index is 5.85. The minimum Gasteiger partial charge on any atom is -0.370 e. The molecule has 1 aromatic rings. The van der Waals surface area contributed by atoms with Gasteiger partial charge >= 0.3 is 0 Å². The fraction of sp³-hybridized carbons (Fsp3) is 0.769. The lowest BCUT2D eigenvalue weighted by atomic mass is 9.79. The first-order chi connectivity index (χ1) is 8.20. The molecular weight excluding hydrogens is 212 g/mol. The average Bonchev–Trinajstić information content (AvgIpc) is 2.65. The molecule has 1 fully saturated rings. The van der Waals surface area contributed by atoms with Gasteiger partial charge in [-0.15, -0.1) is 0 Å². The third-order valence-corrected chi connectivity index (χ3v) is 3.92. The minimum absolute atomic E-state index is 0.700. The molecule has 2 unspecified atom stereocenters. The van der Waals surface area contributed by atoms with Crippen LogP contribution in [0.2, 0.25) is 0 Å². The van der Waals surface area contributed by atoms with Crippen LogP contribution >= 0.6 is 0 Å². The molecule has 0 amide bonds. The molecule has 4 nitrogen and oxygen atoms in total. The predicted molar refractivity (Wildman–Crippen MR) is 70.9 cm³/mol. The van der Waals surface area contributed by atoms with Gasteiger partial charge < -0.3 is 11.1 Å². The monoisotopic (exact) mass is 236 g/mol. The Kier molecular flexibility index (Phi) is 4.05. The molecule has 2 rings (SSSR count). The van der Waals surface area contributed by atoms with E-state index in [-0.39, 0.29) is 0 Å². The summed E-state index contributed by atoms with van der Waals surface area (Å²) in [6.45, 7) is 3.88. The van der Waals surface area contributed by atoms with Crippen LogP contribution in [0.15, 0.2) is 6.07 Å². The van der Waals surface area contributed by atoms with Crippen molar-refractivity contribution in [2.24, 2.45) is 24.6 Å². The molecule has 1 aliphatic carbocycles. The van der Waals surface area contributed by atoms with Crippen LogP contribution in [0.5, 0.6) is 0 Å². The van der Waals surface area contributed by atoms with Gasteiger partial charge in [0.1, 0.15) is 5.82 Å². The summed E-state index contributed by atoms with van der Waals surface area (Å²) in [6, 6.07) is 2.10. The van der Waals surface area contributed by atoms with Crippen LogP contribution in [-0.4, -0.2) is 22.9 Å². The number of aryl methyl sites for hydroxylation is 2. The molecule has 0 radical (unpaired) electrons. The molecule has 1 aromatic heterocycles. The van der Waals surface area contributed by atoms with Crippen LogP contribution in [0.25, 0.3) is 0 Å². The first-order valence-corrected chi connectivity index (χ1v) is 6.65. The van der Waals surface area contributed by atoms with Gasteiger partial charge in [-0.1, -0.05) is 12.8 Å². The molecule has 0 saturated heterocycles. The highest BCUT2D eigenvalue weighted by Crippen LogP contribution is 2.29. The standard InChI is InChI=1S/C13H24N4/c1-10-7-13(17(2)16-10)15-9-12-6-4-3-5-11(12)8-14/h7,11-12,15H,3-6,8-9,14H2,1-2H3. The highest BCUT2D eigenvalue weighted by Gasteiger charge is 2.23. The zero-order valence-electron chi connectivity index (χ0n) is 10.9. The van der Waals surface area contributed by atoms with E-state index in [4.69, 9.17) is 5.73 Å². The maximum atomic E-state index is 5.85. The molecule has 0 aromatic carbocycles. The molecule has 1 aliphatic rings. The third-order valence-electron chi connectivity index (χ3n) is 3.92. The van der Waals surface area contributed by atoms with Gasteiger partial charge in [-0.25, -0.2) is 0 Å². The summed E-state index contributed by atoms with van der Waals surface area (Å²) >= 11 is 0. The zero-order valence-corrected chi connectivity index (χ0v) is 10.9. The average molecular weight is 236 g/mol. The Morgan fingerprint density at radius 2 is 2.12 bits per heavy atom. The summed E-state index contributed by atoms with van der Waals surface area (Å²) < 4.78 is 1.91. The third kappa shape index (κ3) is 3.00. The summed E-state index contributed by atoms with van der Waals surface area (Å²) in [5, 5.41) is 7.86. The molecule has 0 spiro atoms. The van der Waals surface area contributed by atoms with Crippen molar-refractivity contribution in [1.29, 1.82) is 0 Å². The van der Waals surface area contributed by atoms with Gasteiger partial charge in [0.25, 0.3) is 0 Å². The quantitative estimate of drug-likeness (QED) is 0.839. The van der Waals surface area contributed by atoms with E-state index < -0.39 is 0 Å². The first-order valence-electron chi connectivity index (χ1n) is 6.65. The summed E-state index contributed by atoms with van der Waals surface area (Å²) in [5.74, 6) is 2.54. The van der Waals surface area contributed by atoms with Gasteiger partial charge in [0.2, 0.25) is 0 Å². The molecule has 3 N–H and O–H groups in total. The van der Waals surface area contributed by atoms with Crippen molar-refractivity contribution in [1.82, 2.24) is 9.78 Å². The molecular formula is C13H24N4. The summed E-state index contributed by atoms with van der Waals surface area (Å²) in [6.07, 6.45) is 5.31. The molecule has 0 bridgehead atoms. The topological polar surface area (TPSA) is 55.9 Å². The van der Waals surface area contributed by atoms with Crippen molar-refractivity contribution in [2.45, 2.75) is 32.6 Å². The Morgan fingerprint density at radius 1 is 1.41 bits per heavy atom. The van der Waals surface area contributed by atoms with E-state index in [2.05, 4.69) is 16.5 Å². The number of aromatic nitrogens is 2. The molecule has 2 atom stereocenters. The fourth-order valence-corrected chi connectivity index (χ4v) is 2.88. The Labute approximate surface area is 104 Å². The first kappa shape index (κ1) is 12.4. The minimum atomic E-state index is 0.700. The van der Waals surface area contributed by atoms with Crippen LogP contribution < -0.4 is 11.1 Å². The van der Waals surface area contributed by atoms with Crippen molar-refractivity contribution in [3.63, 3.8) is 0 Å². The van der Waals surface area contributed by atoms with Gasteiger partial charge in [-0.05, 0) is 38.1 Å². The lowest BCUT2D eigenvalue weighted by Crippen LogP contribution is -2.31. The molecule has 96 valence electrons. The largest absolute Gasteiger partial charge is 0.370 e. The number of nitrogens with one attached hydrogen (secondary N) is 1. The number of hydrogen-bond acceptors (Lipinski definition) is 3. The fourth-order valence-electron chi connectivity index (χ4n) is 2.88. The SMILES string of the molecule is Cc1cc(NCC2CCCCC2CN)n(C)n1. The molecule has 17 heavy (non-hydrogen) atoms. The maximum Gasteiger partial charge on any atom is 0.124 e. The van der Waals surface area contributed by atoms with Crippen molar-refractivity contribution in [3.8, 4) is 0 Å². The van der Waals surface area contributed by atoms with Crippen molar-refractivity contribution >= 4 is 5.82 Å². The van der Waals surface area contributed by atoms with E-state index in [1.54, 1.807) is 0 Å².